The van der Waals surface area contributed by atoms with Gasteiger partial charge in [-0.2, -0.15) is 0 Å². The van der Waals surface area contributed by atoms with E-state index in [0.29, 0.717) is 29.4 Å². The lowest BCUT2D eigenvalue weighted by molar-refractivity contribution is -0.145. The smallest absolute Gasteiger partial charge is 0.331 e. The predicted octanol–water partition coefficient (Wildman–Crippen LogP) is 2.65. The summed E-state index contributed by atoms with van der Waals surface area (Å²) in [5.41, 5.74) is -0.360. The molecule has 1 heterocycles. The van der Waals surface area contributed by atoms with Crippen LogP contribution in [0.3, 0.4) is 0 Å². The second-order valence-electron chi connectivity index (χ2n) is 6.71. The number of nitrogens with zero attached hydrogens (tertiary/aromatic N) is 2. The average Bonchev–Trinajstić information content (AvgIpc) is 2.62. The zero-order chi connectivity index (χ0) is 19.3. The maximum Gasteiger partial charge on any atom is 0.331 e. The zero-order valence-corrected chi connectivity index (χ0v) is 15.2. The van der Waals surface area contributed by atoms with E-state index >= 15 is 0 Å². The van der Waals surface area contributed by atoms with Crippen molar-refractivity contribution in [3.8, 4) is 5.75 Å². The molecule has 0 fully saturated rings. The molecule has 7 nitrogen and oxygen atoms in total. The minimum absolute atomic E-state index is 0.0767. The minimum Gasteiger partial charge on any atom is -0.508 e. The van der Waals surface area contributed by atoms with Crippen molar-refractivity contribution in [2.75, 3.05) is 11.6 Å². The Labute approximate surface area is 153 Å². The molecule has 142 valence electrons. The molecule has 2 unspecified atom stereocenters. The number of aromatic nitrogens is 1. The number of unbranched alkanes of at least 4 members (excludes halogenated alkanes) is 1. The highest BCUT2D eigenvalue weighted by Gasteiger charge is 2.45. The van der Waals surface area contributed by atoms with Gasteiger partial charge in [0, 0.05) is 24.3 Å². The molecule has 0 radical (unpaired) electrons. The summed E-state index contributed by atoms with van der Waals surface area (Å²) >= 11 is 0. The highest BCUT2D eigenvalue weighted by Crippen LogP contribution is 2.36. The summed E-state index contributed by atoms with van der Waals surface area (Å²) in [6, 6.07) is 6.35. The molecule has 2 rings (SSSR count). The van der Waals surface area contributed by atoms with Crippen molar-refractivity contribution in [1.29, 1.82) is 0 Å². The lowest BCUT2D eigenvalue weighted by Gasteiger charge is -2.42. The summed E-state index contributed by atoms with van der Waals surface area (Å²) in [7, 11) is 0. The van der Waals surface area contributed by atoms with E-state index in [1.807, 2.05) is 6.92 Å². The van der Waals surface area contributed by atoms with Gasteiger partial charge in [-0.25, -0.2) is 10.6 Å². The summed E-state index contributed by atoms with van der Waals surface area (Å²) in [4.78, 5) is 16.5. The number of phenolic OH excluding ortho intramolecular Hbond substituents is 1. The van der Waals surface area contributed by atoms with Crippen molar-refractivity contribution in [3.05, 3.63) is 30.5 Å². The van der Waals surface area contributed by atoms with E-state index in [1.54, 1.807) is 19.1 Å². The molecular formula is C19H27N3O4. The number of hydrogen-bond donors (Lipinski definition) is 4. The molecule has 2 atom stereocenters. The second-order valence-corrected chi connectivity index (χ2v) is 6.71. The van der Waals surface area contributed by atoms with Gasteiger partial charge in [0.05, 0.1) is 11.2 Å². The maximum absolute atomic E-state index is 12.2. The number of hydrogen-bond acceptors (Lipinski definition) is 6. The fraction of sp³-hybridized carbons (Fsp3) is 0.474. The van der Waals surface area contributed by atoms with Gasteiger partial charge in [0.1, 0.15) is 5.75 Å². The molecule has 0 amide bonds. The number of fused-ring (bicyclic) bond motifs is 1. The van der Waals surface area contributed by atoms with E-state index in [1.165, 1.54) is 23.3 Å². The minimum atomic E-state index is -1.40. The van der Waals surface area contributed by atoms with E-state index in [0.717, 1.165) is 12.8 Å². The van der Waals surface area contributed by atoms with Gasteiger partial charge in [-0.15, -0.1) is 0 Å². The van der Waals surface area contributed by atoms with Gasteiger partial charge >= 0.3 is 5.97 Å². The van der Waals surface area contributed by atoms with Crippen LogP contribution in [0, 0.1) is 5.92 Å². The normalized spacial score (nSPS) is 14.8. The van der Waals surface area contributed by atoms with Crippen LogP contribution in [-0.2, 0) is 4.79 Å². The summed E-state index contributed by atoms with van der Waals surface area (Å²) in [5.74, 6) is 5.07. The Morgan fingerprint density at radius 3 is 2.69 bits per heavy atom. The first-order chi connectivity index (χ1) is 12.4. The van der Waals surface area contributed by atoms with Crippen LogP contribution in [0.5, 0.6) is 5.75 Å². The number of anilines is 1. The van der Waals surface area contributed by atoms with Crippen LogP contribution in [0.25, 0.3) is 10.9 Å². The molecule has 0 spiro atoms. The number of aliphatic hydroxyl groups excluding tert-OH is 1. The molecule has 0 aliphatic heterocycles. The number of aromatic hydroxyl groups is 1. The highest BCUT2D eigenvalue weighted by atomic mass is 16.4. The van der Waals surface area contributed by atoms with Gasteiger partial charge < -0.3 is 15.3 Å². The molecule has 26 heavy (non-hydrogen) atoms. The first-order valence-corrected chi connectivity index (χ1v) is 8.83. The second kappa shape index (κ2) is 8.33. The molecule has 1 aromatic heterocycles. The van der Waals surface area contributed by atoms with Crippen molar-refractivity contribution in [1.82, 2.24) is 4.98 Å². The SMILES string of the molecule is CCCCC(CCO)C(C)(C(=O)O)N(N)c1ccnc2cc(O)ccc12. The third-order valence-corrected chi connectivity index (χ3v) is 5.07. The number of rotatable bonds is 9. The van der Waals surface area contributed by atoms with Gasteiger partial charge in [0.15, 0.2) is 5.54 Å². The van der Waals surface area contributed by atoms with Gasteiger partial charge in [-0.3, -0.25) is 9.99 Å². The highest BCUT2D eigenvalue weighted by molar-refractivity contribution is 5.95. The molecule has 7 heteroatoms. The number of nitrogens with two attached hydrogens (primary N) is 1. The lowest BCUT2D eigenvalue weighted by atomic mass is 9.79. The summed E-state index contributed by atoms with van der Waals surface area (Å²) in [6.07, 6.45) is 4.32. The van der Waals surface area contributed by atoms with E-state index in [2.05, 4.69) is 4.98 Å². The third kappa shape index (κ3) is 3.73. The molecule has 0 saturated heterocycles. The number of hydrazine groups is 1. The summed E-state index contributed by atoms with van der Waals surface area (Å²) in [5, 5.41) is 31.0. The van der Waals surface area contributed by atoms with Gasteiger partial charge in [-0.1, -0.05) is 19.8 Å². The summed E-state index contributed by atoms with van der Waals surface area (Å²) in [6.45, 7) is 3.53. The number of aliphatic carboxylic acids is 1. The molecule has 2 aromatic rings. The Hall–Kier alpha value is -2.38. The van der Waals surface area contributed by atoms with Crippen LogP contribution in [-0.4, -0.2) is 38.4 Å². The summed E-state index contributed by atoms with van der Waals surface area (Å²) < 4.78 is 0. The molecular weight excluding hydrogens is 334 g/mol. The lowest BCUT2D eigenvalue weighted by Crippen LogP contribution is -2.61. The fourth-order valence-corrected chi connectivity index (χ4v) is 3.37. The Balaban J connectivity index is 2.54. The van der Waals surface area contributed by atoms with Crippen LogP contribution in [0.2, 0.25) is 0 Å². The molecule has 0 aliphatic rings. The first kappa shape index (κ1) is 19.9. The number of aliphatic hydroxyl groups is 1. The van der Waals surface area contributed by atoms with Crippen molar-refractivity contribution in [2.45, 2.75) is 45.1 Å². The van der Waals surface area contributed by atoms with Gasteiger partial charge in [-0.05, 0) is 43.9 Å². The van der Waals surface area contributed by atoms with E-state index in [4.69, 9.17) is 5.84 Å². The maximum atomic E-state index is 12.2. The predicted molar refractivity (Wildman–Crippen MR) is 101 cm³/mol. The molecule has 5 N–H and O–H groups in total. The third-order valence-electron chi connectivity index (χ3n) is 5.07. The number of pyridine rings is 1. The number of benzene rings is 1. The number of carbonyl (C=O) groups is 1. The van der Waals surface area contributed by atoms with Crippen molar-refractivity contribution in [3.63, 3.8) is 0 Å². The number of carboxylic acids is 1. The van der Waals surface area contributed by atoms with E-state index in [-0.39, 0.29) is 18.3 Å². The Morgan fingerprint density at radius 1 is 1.35 bits per heavy atom. The van der Waals surface area contributed by atoms with Crippen molar-refractivity contribution in [2.24, 2.45) is 11.8 Å². The van der Waals surface area contributed by atoms with Crippen molar-refractivity contribution < 1.29 is 20.1 Å². The Kier molecular flexibility index (Phi) is 6.39. The Bertz CT molecular complexity index is 768. The average molecular weight is 361 g/mol. The zero-order valence-electron chi connectivity index (χ0n) is 15.2. The monoisotopic (exact) mass is 361 g/mol. The van der Waals surface area contributed by atoms with Crippen molar-refractivity contribution >= 4 is 22.6 Å². The molecule has 0 aliphatic carbocycles. The van der Waals surface area contributed by atoms with E-state index in [9.17, 15) is 20.1 Å². The molecule has 0 bridgehead atoms. The number of carboxylic acid groups (broad SMARTS) is 1. The first-order valence-electron chi connectivity index (χ1n) is 8.83. The standard InChI is InChI=1S/C19H27N3O4/c1-3-4-5-13(9-11-23)19(2,18(25)26)22(20)17-8-10-21-16-12-14(24)6-7-15(16)17/h6-8,10,12-13,23-24H,3-5,9,11,20H2,1-2H3,(H,25,26). The van der Waals surface area contributed by atoms with Gasteiger partial charge in [0.2, 0.25) is 0 Å². The van der Waals surface area contributed by atoms with Crippen LogP contribution >= 0.6 is 0 Å². The number of phenols is 1. The molecule has 0 saturated carbocycles. The quantitative estimate of drug-likeness (QED) is 0.400. The largest absolute Gasteiger partial charge is 0.508 e. The fourth-order valence-electron chi connectivity index (χ4n) is 3.37. The van der Waals surface area contributed by atoms with Crippen LogP contribution in [0.15, 0.2) is 30.5 Å². The van der Waals surface area contributed by atoms with E-state index < -0.39 is 11.5 Å². The van der Waals surface area contributed by atoms with Crippen LogP contribution in [0.1, 0.15) is 39.5 Å². The van der Waals surface area contributed by atoms with Crippen LogP contribution in [0.4, 0.5) is 5.69 Å². The Morgan fingerprint density at radius 2 is 2.08 bits per heavy atom. The molecule has 1 aromatic carbocycles. The topological polar surface area (TPSA) is 120 Å². The van der Waals surface area contributed by atoms with Crippen LogP contribution < -0.4 is 10.9 Å². The van der Waals surface area contributed by atoms with Gasteiger partial charge in [0.25, 0.3) is 0 Å².